The number of piperidine rings is 1. The molecule has 1 fully saturated rings. The average molecular weight is 331 g/mol. The van der Waals surface area contributed by atoms with E-state index in [4.69, 9.17) is 0 Å². The summed E-state index contributed by atoms with van der Waals surface area (Å²) in [4.78, 5) is 1.42. The lowest BCUT2D eigenvalue weighted by atomic mass is 10.0. The lowest BCUT2D eigenvalue weighted by Gasteiger charge is -2.34. The van der Waals surface area contributed by atoms with Crippen LogP contribution in [0.4, 0.5) is 0 Å². The largest absolute Gasteiger partial charge is 0.310 e. The van der Waals surface area contributed by atoms with Gasteiger partial charge < -0.3 is 5.32 Å². The van der Waals surface area contributed by atoms with Gasteiger partial charge in [-0.3, -0.25) is 0 Å². The number of hydrogen-bond acceptors (Lipinski definition) is 4. The number of sulfonamides is 1. The molecule has 1 unspecified atom stereocenters. The molecule has 1 aliphatic rings. The van der Waals surface area contributed by atoms with Crippen molar-refractivity contribution in [2.24, 2.45) is 0 Å². The fraction of sp³-hybridized carbons (Fsp3) is 0.733. The third-order valence-electron chi connectivity index (χ3n) is 4.01. The molecule has 1 aromatic rings. The summed E-state index contributed by atoms with van der Waals surface area (Å²) >= 11 is 1.52. The van der Waals surface area contributed by atoms with Gasteiger partial charge in [0.15, 0.2) is 0 Å². The SMILES string of the molecule is CCC1CCCCN1S(=O)(=O)c1ccsc1CNC(C)C. The second kappa shape index (κ2) is 7.22. The van der Waals surface area contributed by atoms with Gasteiger partial charge in [0.2, 0.25) is 10.0 Å². The predicted molar refractivity (Wildman–Crippen MR) is 88.1 cm³/mol. The first-order valence-corrected chi connectivity index (χ1v) is 10.1. The zero-order valence-electron chi connectivity index (χ0n) is 13.1. The second-order valence-corrected chi connectivity index (χ2v) is 8.78. The van der Waals surface area contributed by atoms with Crippen LogP contribution in [0.5, 0.6) is 0 Å². The van der Waals surface area contributed by atoms with Crippen LogP contribution in [0, 0.1) is 0 Å². The molecule has 0 saturated carbocycles. The van der Waals surface area contributed by atoms with E-state index >= 15 is 0 Å². The zero-order valence-corrected chi connectivity index (χ0v) is 14.8. The molecule has 0 radical (unpaired) electrons. The van der Waals surface area contributed by atoms with Crippen molar-refractivity contribution in [3.05, 3.63) is 16.3 Å². The molecule has 0 aromatic carbocycles. The molecule has 1 saturated heterocycles. The van der Waals surface area contributed by atoms with Gasteiger partial charge in [0.25, 0.3) is 0 Å². The van der Waals surface area contributed by atoms with Gasteiger partial charge in [-0.2, -0.15) is 4.31 Å². The molecular formula is C15H26N2O2S2. The topological polar surface area (TPSA) is 49.4 Å². The molecule has 2 heterocycles. The van der Waals surface area contributed by atoms with Crippen molar-refractivity contribution in [1.82, 2.24) is 9.62 Å². The minimum atomic E-state index is -3.35. The number of rotatable bonds is 6. The lowest BCUT2D eigenvalue weighted by Crippen LogP contribution is -2.43. The number of nitrogens with one attached hydrogen (secondary N) is 1. The van der Waals surface area contributed by atoms with Gasteiger partial charge in [-0.1, -0.05) is 27.2 Å². The highest BCUT2D eigenvalue weighted by molar-refractivity contribution is 7.89. The maximum absolute atomic E-state index is 13.0. The summed E-state index contributed by atoms with van der Waals surface area (Å²) < 4.78 is 27.7. The van der Waals surface area contributed by atoms with E-state index in [0.717, 1.165) is 30.6 Å². The van der Waals surface area contributed by atoms with Crippen molar-refractivity contribution < 1.29 is 8.42 Å². The molecule has 1 aliphatic heterocycles. The molecule has 120 valence electrons. The third kappa shape index (κ3) is 3.86. The van der Waals surface area contributed by atoms with E-state index in [1.807, 2.05) is 5.38 Å². The highest BCUT2D eigenvalue weighted by atomic mass is 32.2. The van der Waals surface area contributed by atoms with E-state index in [-0.39, 0.29) is 6.04 Å². The van der Waals surface area contributed by atoms with Crippen LogP contribution in [0.3, 0.4) is 0 Å². The molecule has 2 rings (SSSR count). The van der Waals surface area contributed by atoms with Crippen LogP contribution in [0.15, 0.2) is 16.3 Å². The predicted octanol–water partition coefficient (Wildman–Crippen LogP) is 3.20. The standard InChI is InChI=1S/C15H26N2O2S2/c1-4-13-7-5-6-9-17(13)21(18,19)15-8-10-20-14(15)11-16-12(2)3/h8,10,12-13,16H,4-7,9,11H2,1-3H3. The molecular weight excluding hydrogens is 304 g/mol. The van der Waals surface area contributed by atoms with Gasteiger partial charge in [0, 0.05) is 30.1 Å². The molecule has 0 aliphatic carbocycles. The average Bonchev–Trinajstić information content (AvgIpc) is 2.94. The summed E-state index contributed by atoms with van der Waals surface area (Å²) in [5.41, 5.74) is 0. The van der Waals surface area contributed by atoms with Crippen LogP contribution in [0.2, 0.25) is 0 Å². The van der Waals surface area contributed by atoms with Gasteiger partial charge in [-0.25, -0.2) is 8.42 Å². The number of nitrogens with zero attached hydrogens (tertiary/aromatic N) is 1. The second-order valence-electron chi connectivity index (χ2n) is 5.92. The Morgan fingerprint density at radius 1 is 1.43 bits per heavy atom. The first-order chi connectivity index (χ1) is 9.96. The highest BCUT2D eigenvalue weighted by Gasteiger charge is 2.34. The molecule has 1 atom stereocenters. The van der Waals surface area contributed by atoms with Gasteiger partial charge in [0.1, 0.15) is 0 Å². The molecule has 0 amide bonds. The molecule has 1 N–H and O–H groups in total. The molecule has 0 spiro atoms. The van der Waals surface area contributed by atoms with E-state index in [0.29, 0.717) is 24.0 Å². The number of hydrogen-bond donors (Lipinski definition) is 1. The van der Waals surface area contributed by atoms with Gasteiger partial charge >= 0.3 is 0 Å². The van der Waals surface area contributed by atoms with E-state index in [9.17, 15) is 8.42 Å². The van der Waals surface area contributed by atoms with Crippen molar-refractivity contribution in [3.63, 3.8) is 0 Å². The minimum Gasteiger partial charge on any atom is -0.310 e. The van der Waals surface area contributed by atoms with Crippen molar-refractivity contribution >= 4 is 21.4 Å². The van der Waals surface area contributed by atoms with Crippen molar-refractivity contribution in [2.45, 2.75) is 70.0 Å². The normalized spacial score (nSPS) is 21.0. The van der Waals surface area contributed by atoms with E-state index in [1.165, 1.54) is 11.3 Å². The monoisotopic (exact) mass is 330 g/mol. The highest BCUT2D eigenvalue weighted by Crippen LogP contribution is 2.30. The van der Waals surface area contributed by atoms with Gasteiger partial charge in [0.05, 0.1) is 4.90 Å². The Morgan fingerprint density at radius 3 is 2.86 bits per heavy atom. The molecule has 0 bridgehead atoms. The van der Waals surface area contributed by atoms with Crippen molar-refractivity contribution in [1.29, 1.82) is 0 Å². The fourth-order valence-electron chi connectivity index (χ4n) is 2.81. The summed E-state index contributed by atoms with van der Waals surface area (Å²) in [6.07, 6.45) is 3.98. The van der Waals surface area contributed by atoms with E-state index in [2.05, 4.69) is 26.1 Å². The quantitative estimate of drug-likeness (QED) is 0.871. The lowest BCUT2D eigenvalue weighted by molar-refractivity contribution is 0.246. The Labute approximate surface area is 132 Å². The van der Waals surface area contributed by atoms with Crippen molar-refractivity contribution in [2.75, 3.05) is 6.54 Å². The van der Waals surface area contributed by atoms with Crippen LogP contribution in [0.1, 0.15) is 51.3 Å². The van der Waals surface area contributed by atoms with Crippen LogP contribution < -0.4 is 5.32 Å². The maximum atomic E-state index is 13.0. The van der Waals surface area contributed by atoms with E-state index in [1.54, 1.807) is 10.4 Å². The molecule has 4 nitrogen and oxygen atoms in total. The Bertz CT molecular complexity index is 552. The minimum absolute atomic E-state index is 0.162. The summed E-state index contributed by atoms with van der Waals surface area (Å²) in [6.45, 7) is 7.49. The summed E-state index contributed by atoms with van der Waals surface area (Å²) in [7, 11) is -3.35. The summed E-state index contributed by atoms with van der Waals surface area (Å²) in [5.74, 6) is 0. The summed E-state index contributed by atoms with van der Waals surface area (Å²) in [6, 6.07) is 2.27. The van der Waals surface area contributed by atoms with Gasteiger partial charge in [-0.05, 0) is 30.7 Å². The molecule has 6 heteroatoms. The Hall–Kier alpha value is -0.430. The fourth-order valence-corrected chi connectivity index (χ4v) is 5.94. The van der Waals surface area contributed by atoms with Crippen LogP contribution in [0.25, 0.3) is 0 Å². The van der Waals surface area contributed by atoms with Crippen LogP contribution >= 0.6 is 11.3 Å². The number of thiophene rings is 1. The smallest absolute Gasteiger partial charge is 0.244 e. The van der Waals surface area contributed by atoms with Crippen LogP contribution in [-0.2, 0) is 16.6 Å². The van der Waals surface area contributed by atoms with E-state index < -0.39 is 10.0 Å². The van der Waals surface area contributed by atoms with Crippen molar-refractivity contribution in [3.8, 4) is 0 Å². The maximum Gasteiger partial charge on any atom is 0.244 e. The molecule has 21 heavy (non-hydrogen) atoms. The third-order valence-corrected chi connectivity index (χ3v) is 7.09. The Kier molecular flexibility index (Phi) is 5.82. The first kappa shape index (κ1) is 16.9. The first-order valence-electron chi connectivity index (χ1n) is 7.78. The summed E-state index contributed by atoms with van der Waals surface area (Å²) in [5, 5.41) is 5.20. The zero-order chi connectivity index (χ0) is 15.5. The van der Waals surface area contributed by atoms with Gasteiger partial charge in [-0.15, -0.1) is 11.3 Å². The Balaban J connectivity index is 2.24. The van der Waals surface area contributed by atoms with Crippen LogP contribution in [-0.4, -0.2) is 31.4 Å². The molecule has 1 aromatic heterocycles. The Morgan fingerprint density at radius 2 is 2.19 bits per heavy atom.